The SMILES string of the molecule is CC(C)c1cnnc2nc(Br)cnc12. The van der Waals surface area contributed by atoms with Crippen LogP contribution in [0.4, 0.5) is 0 Å². The second kappa shape index (κ2) is 3.57. The molecule has 2 heterocycles. The number of nitrogens with zero attached hydrogens (tertiary/aromatic N) is 4. The molecule has 2 aromatic heterocycles. The van der Waals surface area contributed by atoms with Crippen molar-refractivity contribution in [3.63, 3.8) is 0 Å². The molecule has 0 radical (unpaired) electrons. The van der Waals surface area contributed by atoms with Crippen molar-refractivity contribution in [3.8, 4) is 0 Å². The van der Waals surface area contributed by atoms with Crippen LogP contribution in [0.3, 0.4) is 0 Å². The fraction of sp³-hybridized carbons (Fsp3) is 0.333. The Morgan fingerprint density at radius 2 is 2.07 bits per heavy atom. The van der Waals surface area contributed by atoms with E-state index < -0.39 is 0 Å². The van der Waals surface area contributed by atoms with Crippen LogP contribution < -0.4 is 0 Å². The Bertz CT molecular complexity index is 469. The lowest BCUT2D eigenvalue weighted by molar-refractivity contribution is 0.849. The van der Waals surface area contributed by atoms with Crippen LogP contribution in [0.5, 0.6) is 0 Å². The van der Waals surface area contributed by atoms with Crippen LogP contribution >= 0.6 is 15.9 Å². The van der Waals surface area contributed by atoms with E-state index in [-0.39, 0.29) is 0 Å². The predicted molar refractivity (Wildman–Crippen MR) is 56.9 cm³/mol. The maximum Gasteiger partial charge on any atom is 0.201 e. The minimum absolute atomic E-state index is 0.378. The van der Waals surface area contributed by atoms with E-state index in [0.717, 1.165) is 11.1 Å². The van der Waals surface area contributed by atoms with Gasteiger partial charge in [0.25, 0.3) is 0 Å². The van der Waals surface area contributed by atoms with Crippen molar-refractivity contribution in [1.82, 2.24) is 20.2 Å². The molecule has 0 aliphatic rings. The zero-order valence-corrected chi connectivity index (χ0v) is 9.48. The molecule has 0 aliphatic carbocycles. The summed E-state index contributed by atoms with van der Waals surface area (Å²) >= 11 is 3.25. The maximum atomic E-state index is 4.29. The summed E-state index contributed by atoms with van der Waals surface area (Å²) in [6.45, 7) is 4.19. The van der Waals surface area contributed by atoms with Crippen molar-refractivity contribution >= 4 is 27.1 Å². The van der Waals surface area contributed by atoms with Gasteiger partial charge in [0.1, 0.15) is 10.1 Å². The summed E-state index contributed by atoms with van der Waals surface area (Å²) in [7, 11) is 0. The first-order chi connectivity index (χ1) is 6.68. The quantitative estimate of drug-likeness (QED) is 0.782. The van der Waals surface area contributed by atoms with Gasteiger partial charge in [-0.25, -0.2) is 9.97 Å². The highest BCUT2D eigenvalue weighted by Gasteiger charge is 2.08. The third-order valence-corrected chi connectivity index (χ3v) is 2.35. The first-order valence-corrected chi connectivity index (χ1v) is 5.11. The van der Waals surface area contributed by atoms with Crippen molar-refractivity contribution in [3.05, 3.63) is 22.6 Å². The first kappa shape index (κ1) is 9.45. The van der Waals surface area contributed by atoms with E-state index in [1.807, 2.05) is 0 Å². The molecule has 0 unspecified atom stereocenters. The van der Waals surface area contributed by atoms with Crippen molar-refractivity contribution in [2.24, 2.45) is 0 Å². The molecule has 0 amide bonds. The maximum absolute atomic E-state index is 4.29. The lowest BCUT2D eigenvalue weighted by atomic mass is 10.1. The number of halogens is 1. The number of aromatic nitrogens is 4. The Morgan fingerprint density at radius 1 is 1.29 bits per heavy atom. The summed E-state index contributed by atoms with van der Waals surface area (Å²) < 4.78 is 0.681. The van der Waals surface area contributed by atoms with E-state index in [2.05, 4.69) is 49.9 Å². The minimum atomic E-state index is 0.378. The topological polar surface area (TPSA) is 51.6 Å². The molecule has 0 saturated heterocycles. The standard InChI is InChI=1S/C9H9BrN4/c1-5(2)6-3-12-14-9-8(6)11-4-7(10)13-9/h3-5H,1-2H3. The lowest BCUT2D eigenvalue weighted by Crippen LogP contribution is -1.98. The number of hydrogen-bond acceptors (Lipinski definition) is 4. The van der Waals surface area contributed by atoms with Crippen LogP contribution in [-0.2, 0) is 0 Å². The highest BCUT2D eigenvalue weighted by Crippen LogP contribution is 2.20. The highest BCUT2D eigenvalue weighted by molar-refractivity contribution is 9.10. The average Bonchev–Trinajstić information content (AvgIpc) is 2.16. The fourth-order valence-corrected chi connectivity index (χ4v) is 1.53. The van der Waals surface area contributed by atoms with Crippen LogP contribution in [0.25, 0.3) is 11.2 Å². The van der Waals surface area contributed by atoms with Gasteiger partial charge in [-0.2, -0.15) is 5.10 Å². The molecule has 72 valence electrons. The third-order valence-electron chi connectivity index (χ3n) is 1.97. The average molecular weight is 253 g/mol. The molecule has 0 fully saturated rings. The highest BCUT2D eigenvalue weighted by atomic mass is 79.9. The van der Waals surface area contributed by atoms with Gasteiger partial charge >= 0.3 is 0 Å². The molecule has 4 nitrogen and oxygen atoms in total. The largest absolute Gasteiger partial charge is 0.250 e. The fourth-order valence-electron chi connectivity index (χ4n) is 1.26. The summed E-state index contributed by atoms with van der Waals surface area (Å²) in [6.07, 6.45) is 3.42. The number of rotatable bonds is 1. The zero-order valence-electron chi connectivity index (χ0n) is 7.90. The Labute approximate surface area is 89.9 Å². The van der Waals surface area contributed by atoms with Crippen LogP contribution in [0, 0.1) is 0 Å². The van der Waals surface area contributed by atoms with Gasteiger partial charge in [0.05, 0.1) is 12.4 Å². The summed E-state index contributed by atoms with van der Waals surface area (Å²) in [4.78, 5) is 8.49. The third kappa shape index (κ3) is 1.59. The first-order valence-electron chi connectivity index (χ1n) is 4.32. The molecule has 2 aromatic rings. The van der Waals surface area contributed by atoms with Gasteiger partial charge in [-0.15, -0.1) is 5.10 Å². The smallest absolute Gasteiger partial charge is 0.201 e. The lowest BCUT2D eigenvalue weighted by Gasteiger charge is -2.06. The predicted octanol–water partition coefficient (Wildman–Crippen LogP) is 2.31. The van der Waals surface area contributed by atoms with Gasteiger partial charge in [0.2, 0.25) is 5.65 Å². The molecule has 0 bridgehead atoms. The normalized spacial score (nSPS) is 11.1. The Morgan fingerprint density at radius 3 is 2.79 bits per heavy atom. The molecule has 0 atom stereocenters. The van der Waals surface area contributed by atoms with Gasteiger partial charge in [-0.05, 0) is 21.8 Å². The molecule has 0 N–H and O–H groups in total. The second-order valence-corrected chi connectivity index (χ2v) is 4.13. The van der Waals surface area contributed by atoms with E-state index in [4.69, 9.17) is 0 Å². The molecule has 0 spiro atoms. The zero-order chi connectivity index (χ0) is 10.1. The van der Waals surface area contributed by atoms with E-state index in [1.54, 1.807) is 12.4 Å². The molecule has 2 rings (SSSR count). The van der Waals surface area contributed by atoms with Crippen molar-refractivity contribution < 1.29 is 0 Å². The van der Waals surface area contributed by atoms with E-state index >= 15 is 0 Å². The van der Waals surface area contributed by atoms with Crippen LogP contribution in [0.15, 0.2) is 17.0 Å². The van der Waals surface area contributed by atoms with Gasteiger partial charge in [-0.3, -0.25) is 0 Å². The van der Waals surface area contributed by atoms with E-state index in [1.165, 1.54) is 0 Å². The Hall–Kier alpha value is -1.10. The van der Waals surface area contributed by atoms with Crippen LogP contribution in [0.1, 0.15) is 25.3 Å². The molecule has 14 heavy (non-hydrogen) atoms. The number of hydrogen-bond donors (Lipinski definition) is 0. The Balaban J connectivity index is 2.75. The van der Waals surface area contributed by atoms with Crippen LogP contribution in [0.2, 0.25) is 0 Å². The van der Waals surface area contributed by atoms with Gasteiger partial charge < -0.3 is 0 Å². The molecule has 0 aliphatic heterocycles. The monoisotopic (exact) mass is 252 g/mol. The summed E-state index contributed by atoms with van der Waals surface area (Å²) in [5.74, 6) is 0.378. The van der Waals surface area contributed by atoms with Crippen molar-refractivity contribution in [2.75, 3.05) is 0 Å². The minimum Gasteiger partial charge on any atom is -0.250 e. The van der Waals surface area contributed by atoms with Crippen molar-refractivity contribution in [1.29, 1.82) is 0 Å². The number of fused-ring (bicyclic) bond motifs is 1. The second-order valence-electron chi connectivity index (χ2n) is 3.32. The molecular formula is C9H9BrN4. The molecule has 0 saturated carbocycles. The van der Waals surface area contributed by atoms with Gasteiger partial charge in [0.15, 0.2) is 0 Å². The molecule has 5 heteroatoms. The molecule has 0 aromatic carbocycles. The van der Waals surface area contributed by atoms with Gasteiger partial charge in [0, 0.05) is 5.56 Å². The van der Waals surface area contributed by atoms with Crippen molar-refractivity contribution in [2.45, 2.75) is 19.8 Å². The summed E-state index contributed by atoms with van der Waals surface area (Å²) in [5, 5.41) is 7.83. The van der Waals surface area contributed by atoms with Gasteiger partial charge in [-0.1, -0.05) is 13.8 Å². The molecular weight excluding hydrogens is 244 g/mol. The summed E-state index contributed by atoms with van der Waals surface area (Å²) in [6, 6.07) is 0. The van der Waals surface area contributed by atoms with Crippen LogP contribution in [-0.4, -0.2) is 20.2 Å². The Kier molecular flexibility index (Phi) is 2.41. The van der Waals surface area contributed by atoms with E-state index in [9.17, 15) is 0 Å². The summed E-state index contributed by atoms with van der Waals surface area (Å²) in [5.41, 5.74) is 2.50. The van der Waals surface area contributed by atoms with E-state index in [0.29, 0.717) is 16.2 Å².